The Labute approximate surface area is 139 Å². The van der Waals surface area contributed by atoms with Crippen LogP contribution in [0, 0.1) is 0 Å². The van der Waals surface area contributed by atoms with Crippen molar-refractivity contribution < 1.29 is 4.79 Å². The second-order valence-electron chi connectivity index (χ2n) is 6.48. The van der Waals surface area contributed by atoms with Gasteiger partial charge in [-0.05, 0) is 31.9 Å². The van der Waals surface area contributed by atoms with E-state index in [9.17, 15) is 4.79 Å². The number of hydrogen-bond acceptors (Lipinski definition) is 4. The number of aryl methyl sites for hydroxylation is 1. The van der Waals surface area contributed by atoms with Gasteiger partial charge in [0.1, 0.15) is 0 Å². The van der Waals surface area contributed by atoms with Crippen molar-refractivity contribution in [3.05, 3.63) is 42.0 Å². The van der Waals surface area contributed by atoms with Crippen molar-refractivity contribution >= 4 is 16.9 Å². The summed E-state index contributed by atoms with van der Waals surface area (Å²) in [5.74, 6) is 0.398. The highest BCUT2D eigenvalue weighted by molar-refractivity contribution is 6.05. The molecule has 4 rings (SSSR count). The Hall–Kier alpha value is -2.70. The van der Waals surface area contributed by atoms with E-state index in [1.54, 1.807) is 17.1 Å². The van der Waals surface area contributed by atoms with E-state index in [0.29, 0.717) is 18.0 Å². The van der Waals surface area contributed by atoms with Gasteiger partial charge >= 0.3 is 0 Å². The van der Waals surface area contributed by atoms with E-state index in [2.05, 4.69) is 20.5 Å². The van der Waals surface area contributed by atoms with Gasteiger partial charge in [0.05, 0.1) is 23.7 Å². The monoisotopic (exact) mass is 324 g/mol. The van der Waals surface area contributed by atoms with Gasteiger partial charge in [-0.2, -0.15) is 10.2 Å². The summed E-state index contributed by atoms with van der Waals surface area (Å²) in [5.41, 5.74) is 2.42. The molecular weight excluding hydrogens is 304 g/mol. The molecule has 7 nitrogen and oxygen atoms in total. The molecule has 1 N–H and O–H groups in total. The van der Waals surface area contributed by atoms with Crippen LogP contribution in [0.25, 0.3) is 11.0 Å². The minimum Gasteiger partial charge on any atom is -0.348 e. The maximum atomic E-state index is 12.8. The Morgan fingerprint density at radius 1 is 1.42 bits per heavy atom. The summed E-state index contributed by atoms with van der Waals surface area (Å²) >= 11 is 0. The lowest BCUT2D eigenvalue weighted by Gasteiger charge is -2.15. The number of aromatic nitrogens is 5. The summed E-state index contributed by atoms with van der Waals surface area (Å²) in [5, 5.41) is 12.3. The molecule has 1 fully saturated rings. The van der Waals surface area contributed by atoms with Crippen molar-refractivity contribution in [2.45, 2.75) is 38.3 Å². The third kappa shape index (κ3) is 2.77. The van der Waals surface area contributed by atoms with Crippen molar-refractivity contribution in [2.75, 3.05) is 0 Å². The summed E-state index contributed by atoms with van der Waals surface area (Å²) in [6.45, 7) is 2.61. The molecule has 1 aliphatic rings. The van der Waals surface area contributed by atoms with Crippen LogP contribution in [0.15, 0.2) is 30.7 Å². The first kappa shape index (κ1) is 14.9. The summed E-state index contributed by atoms with van der Waals surface area (Å²) in [4.78, 5) is 17.5. The van der Waals surface area contributed by atoms with Crippen LogP contribution in [0.2, 0.25) is 0 Å². The SMILES string of the molecule is C[C@H](Cn1cccn1)NC(=O)c1cc(C2CC2)nc2c1cnn2C. The number of amides is 1. The van der Waals surface area contributed by atoms with Gasteiger partial charge in [-0.3, -0.25) is 14.2 Å². The van der Waals surface area contributed by atoms with Gasteiger partial charge in [0.15, 0.2) is 5.65 Å². The van der Waals surface area contributed by atoms with E-state index in [0.717, 1.165) is 29.6 Å². The second kappa shape index (κ2) is 5.74. The van der Waals surface area contributed by atoms with E-state index in [4.69, 9.17) is 0 Å². The lowest BCUT2D eigenvalue weighted by Crippen LogP contribution is -2.36. The lowest BCUT2D eigenvalue weighted by atomic mass is 10.1. The Kier molecular flexibility index (Phi) is 3.55. The largest absolute Gasteiger partial charge is 0.348 e. The van der Waals surface area contributed by atoms with Gasteiger partial charge in [0, 0.05) is 37.1 Å². The zero-order valence-electron chi connectivity index (χ0n) is 13.8. The van der Waals surface area contributed by atoms with E-state index >= 15 is 0 Å². The maximum Gasteiger partial charge on any atom is 0.252 e. The van der Waals surface area contributed by atoms with Crippen LogP contribution in [-0.2, 0) is 13.6 Å². The van der Waals surface area contributed by atoms with Crippen LogP contribution in [0.3, 0.4) is 0 Å². The molecule has 24 heavy (non-hydrogen) atoms. The van der Waals surface area contributed by atoms with E-state index in [1.165, 1.54) is 0 Å². The Morgan fingerprint density at radius 3 is 2.96 bits per heavy atom. The number of nitrogens with zero attached hydrogens (tertiary/aromatic N) is 5. The first-order valence-electron chi connectivity index (χ1n) is 8.23. The zero-order valence-corrected chi connectivity index (χ0v) is 13.8. The number of hydrogen-bond donors (Lipinski definition) is 1. The fourth-order valence-electron chi connectivity index (χ4n) is 2.95. The van der Waals surface area contributed by atoms with Crippen LogP contribution >= 0.6 is 0 Å². The van der Waals surface area contributed by atoms with Crippen LogP contribution in [0.1, 0.15) is 41.7 Å². The van der Waals surface area contributed by atoms with Crippen molar-refractivity contribution in [3.63, 3.8) is 0 Å². The second-order valence-corrected chi connectivity index (χ2v) is 6.48. The molecule has 3 heterocycles. The average molecular weight is 324 g/mol. The number of carbonyl (C=O) groups excluding carboxylic acids is 1. The predicted octanol–water partition coefficient (Wildman–Crippen LogP) is 1.86. The van der Waals surface area contributed by atoms with Crippen molar-refractivity contribution in [1.82, 2.24) is 29.9 Å². The van der Waals surface area contributed by atoms with Crippen LogP contribution in [0.4, 0.5) is 0 Å². The smallest absolute Gasteiger partial charge is 0.252 e. The van der Waals surface area contributed by atoms with Gasteiger partial charge in [0.2, 0.25) is 0 Å². The molecule has 0 bridgehead atoms. The molecular formula is C17H20N6O. The van der Waals surface area contributed by atoms with Gasteiger partial charge < -0.3 is 5.32 Å². The highest BCUT2D eigenvalue weighted by atomic mass is 16.1. The standard InChI is InChI=1S/C17H20N6O/c1-11(10-23-7-3-6-18-23)20-17(24)13-8-15(12-4-5-12)21-16-14(13)9-19-22(16)2/h3,6-9,11-12H,4-5,10H2,1-2H3,(H,20,24)/t11-/m1/s1. The van der Waals surface area contributed by atoms with E-state index < -0.39 is 0 Å². The van der Waals surface area contributed by atoms with Crippen LogP contribution in [-0.4, -0.2) is 36.5 Å². The summed E-state index contributed by atoms with van der Waals surface area (Å²) in [6, 6.07) is 3.78. The molecule has 1 amide bonds. The van der Waals surface area contributed by atoms with Gasteiger partial charge in [-0.25, -0.2) is 4.98 Å². The normalized spacial score (nSPS) is 15.6. The number of nitrogens with one attached hydrogen (secondary N) is 1. The van der Waals surface area contributed by atoms with Gasteiger partial charge in [-0.1, -0.05) is 0 Å². The molecule has 0 saturated heterocycles. The number of rotatable bonds is 5. The Bertz CT molecular complexity index is 878. The molecule has 0 aliphatic heterocycles. The topological polar surface area (TPSA) is 77.6 Å². The minimum atomic E-state index is -0.0862. The summed E-state index contributed by atoms with van der Waals surface area (Å²) < 4.78 is 3.54. The number of pyridine rings is 1. The molecule has 1 atom stereocenters. The van der Waals surface area contributed by atoms with Crippen LogP contribution in [0.5, 0.6) is 0 Å². The highest BCUT2D eigenvalue weighted by Gasteiger charge is 2.28. The van der Waals surface area contributed by atoms with Crippen LogP contribution < -0.4 is 5.32 Å². The molecule has 1 aliphatic carbocycles. The van der Waals surface area contributed by atoms with Gasteiger partial charge in [0.25, 0.3) is 5.91 Å². The molecule has 3 aromatic heterocycles. The summed E-state index contributed by atoms with van der Waals surface area (Å²) in [6.07, 6.45) is 7.63. The average Bonchev–Trinajstić information content (AvgIpc) is 3.17. The van der Waals surface area contributed by atoms with Gasteiger partial charge in [-0.15, -0.1) is 0 Å². The summed E-state index contributed by atoms with van der Waals surface area (Å²) in [7, 11) is 1.86. The minimum absolute atomic E-state index is 0.0262. The van der Waals surface area contributed by atoms with E-state index in [-0.39, 0.29) is 11.9 Å². The van der Waals surface area contributed by atoms with Crippen molar-refractivity contribution in [1.29, 1.82) is 0 Å². The van der Waals surface area contributed by atoms with Crippen molar-refractivity contribution in [2.24, 2.45) is 7.05 Å². The molecule has 1 saturated carbocycles. The molecule has 0 aromatic carbocycles. The third-order valence-electron chi connectivity index (χ3n) is 4.36. The Balaban J connectivity index is 1.61. The zero-order chi connectivity index (χ0) is 16.7. The lowest BCUT2D eigenvalue weighted by molar-refractivity contribution is 0.0937. The van der Waals surface area contributed by atoms with E-state index in [1.807, 2.05) is 37.0 Å². The number of fused-ring (bicyclic) bond motifs is 1. The maximum absolute atomic E-state index is 12.8. The quantitative estimate of drug-likeness (QED) is 0.777. The number of carbonyl (C=O) groups is 1. The molecule has 0 radical (unpaired) electrons. The molecule has 124 valence electrons. The molecule has 0 unspecified atom stereocenters. The first-order chi connectivity index (χ1) is 11.6. The Morgan fingerprint density at radius 2 is 2.25 bits per heavy atom. The fraction of sp³-hybridized carbons (Fsp3) is 0.412. The van der Waals surface area contributed by atoms with Crippen molar-refractivity contribution in [3.8, 4) is 0 Å². The first-order valence-corrected chi connectivity index (χ1v) is 8.23. The molecule has 0 spiro atoms. The molecule has 3 aromatic rings. The fourth-order valence-corrected chi connectivity index (χ4v) is 2.95. The predicted molar refractivity (Wildman–Crippen MR) is 89.6 cm³/mol. The third-order valence-corrected chi connectivity index (χ3v) is 4.36. The molecule has 7 heteroatoms. The highest BCUT2D eigenvalue weighted by Crippen LogP contribution is 2.40.